The van der Waals surface area contributed by atoms with Gasteiger partial charge >= 0.3 is 5.97 Å². The van der Waals surface area contributed by atoms with Gasteiger partial charge in [-0.25, -0.2) is 8.42 Å². The average Bonchev–Trinajstić information content (AvgIpc) is 2.45. The highest BCUT2D eigenvalue weighted by molar-refractivity contribution is 7.92. The first kappa shape index (κ1) is 17.6. The molecule has 0 aliphatic rings. The summed E-state index contributed by atoms with van der Waals surface area (Å²) in [5.74, 6) is -1.27. The number of benzene rings is 2. The van der Waals surface area contributed by atoms with Crippen molar-refractivity contribution >= 4 is 44.9 Å². The van der Waals surface area contributed by atoms with Gasteiger partial charge < -0.3 is 5.11 Å². The Morgan fingerprint density at radius 2 is 1.65 bits per heavy atom. The van der Waals surface area contributed by atoms with Crippen LogP contribution in [0, 0.1) is 6.92 Å². The summed E-state index contributed by atoms with van der Waals surface area (Å²) < 4.78 is 26.4. The Bertz CT molecular complexity index is 835. The monoisotopic (exact) mass is 373 g/mol. The molecule has 2 aromatic rings. The van der Waals surface area contributed by atoms with Crippen molar-refractivity contribution in [2.24, 2.45) is 0 Å². The number of hydrogen-bond donors (Lipinski definition) is 1. The summed E-state index contributed by atoms with van der Waals surface area (Å²) in [6.45, 7) is 0.959. The van der Waals surface area contributed by atoms with Gasteiger partial charge in [-0.3, -0.25) is 9.10 Å². The zero-order chi connectivity index (χ0) is 17.2. The number of aryl methyl sites for hydroxylation is 1. The van der Waals surface area contributed by atoms with Crippen LogP contribution >= 0.6 is 23.2 Å². The normalized spacial score (nSPS) is 11.3. The molecule has 0 saturated heterocycles. The van der Waals surface area contributed by atoms with Gasteiger partial charge in [0.1, 0.15) is 6.54 Å². The zero-order valence-electron chi connectivity index (χ0n) is 12.0. The van der Waals surface area contributed by atoms with Crippen LogP contribution in [0.4, 0.5) is 5.69 Å². The number of halogens is 2. The predicted octanol–water partition coefficient (Wildman–Crippen LogP) is 3.58. The maximum absolute atomic E-state index is 12.8. The standard InChI is InChI=1S/C15H13Cl2NO4S/c1-10-8-12(17)4-7-14(10)18(9-15(19)20)23(21,22)13-5-2-11(16)3-6-13/h2-8H,9H2,1H3,(H,19,20). The molecule has 0 radical (unpaired) electrons. The van der Waals surface area contributed by atoms with Crippen LogP contribution < -0.4 is 4.31 Å². The summed E-state index contributed by atoms with van der Waals surface area (Å²) in [5, 5.41) is 9.91. The fourth-order valence-electron chi connectivity index (χ4n) is 2.05. The van der Waals surface area contributed by atoms with Crippen molar-refractivity contribution < 1.29 is 18.3 Å². The van der Waals surface area contributed by atoms with Crippen LogP contribution in [-0.4, -0.2) is 26.0 Å². The maximum Gasteiger partial charge on any atom is 0.324 e. The molecular formula is C15H13Cl2NO4S. The number of carboxylic acids is 1. The van der Waals surface area contributed by atoms with Crippen molar-refractivity contribution in [2.45, 2.75) is 11.8 Å². The molecule has 0 atom stereocenters. The Morgan fingerprint density at radius 1 is 1.09 bits per heavy atom. The summed E-state index contributed by atoms with van der Waals surface area (Å²) in [6.07, 6.45) is 0. The van der Waals surface area contributed by atoms with E-state index >= 15 is 0 Å². The lowest BCUT2D eigenvalue weighted by Gasteiger charge is -2.24. The van der Waals surface area contributed by atoms with Gasteiger partial charge in [-0.2, -0.15) is 0 Å². The van der Waals surface area contributed by atoms with E-state index in [1.165, 1.54) is 36.4 Å². The lowest BCUT2D eigenvalue weighted by atomic mass is 10.2. The highest BCUT2D eigenvalue weighted by atomic mass is 35.5. The van der Waals surface area contributed by atoms with Crippen LogP contribution in [0.5, 0.6) is 0 Å². The summed E-state index contributed by atoms with van der Waals surface area (Å²) >= 11 is 11.6. The SMILES string of the molecule is Cc1cc(Cl)ccc1N(CC(=O)O)S(=O)(=O)c1ccc(Cl)cc1. The lowest BCUT2D eigenvalue weighted by molar-refractivity contribution is -0.135. The fourth-order valence-corrected chi connectivity index (χ4v) is 3.89. The predicted molar refractivity (Wildman–Crippen MR) is 89.8 cm³/mol. The lowest BCUT2D eigenvalue weighted by Crippen LogP contribution is -2.36. The van der Waals surface area contributed by atoms with Crippen molar-refractivity contribution in [2.75, 3.05) is 10.8 Å². The van der Waals surface area contributed by atoms with E-state index in [2.05, 4.69) is 0 Å². The van der Waals surface area contributed by atoms with Gasteiger partial charge in [0.25, 0.3) is 10.0 Å². The van der Waals surface area contributed by atoms with Crippen molar-refractivity contribution in [3.8, 4) is 0 Å². The average molecular weight is 374 g/mol. The van der Waals surface area contributed by atoms with Crippen LogP contribution in [0.3, 0.4) is 0 Å². The Hall–Kier alpha value is -1.76. The maximum atomic E-state index is 12.8. The topological polar surface area (TPSA) is 74.7 Å². The second kappa shape index (κ2) is 6.78. The van der Waals surface area contributed by atoms with Crippen LogP contribution in [0.25, 0.3) is 0 Å². The first-order valence-electron chi connectivity index (χ1n) is 6.48. The molecule has 8 heteroatoms. The number of sulfonamides is 1. The highest BCUT2D eigenvalue weighted by Crippen LogP contribution is 2.29. The first-order chi connectivity index (χ1) is 10.7. The molecule has 0 amide bonds. The Morgan fingerprint density at radius 3 is 2.17 bits per heavy atom. The first-order valence-corrected chi connectivity index (χ1v) is 8.67. The number of rotatable bonds is 5. The largest absolute Gasteiger partial charge is 0.480 e. The fraction of sp³-hybridized carbons (Fsp3) is 0.133. The van der Waals surface area contributed by atoms with Crippen LogP contribution in [0.1, 0.15) is 5.56 Å². The van der Waals surface area contributed by atoms with E-state index in [1.54, 1.807) is 13.0 Å². The van der Waals surface area contributed by atoms with Gasteiger partial charge in [0.2, 0.25) is 0 Å². The van der Waals surface area contributed by atoms with E-state index in [9.17, 15) is 13.2 Å². The number of nitrogens with zero attached hydrogens (tertiary/aromatic N) is 1. The van der Waals surface area contributed by atoms with E-state index in [-0.39, 0.29) is 10.6 Å². The quantitative estimate of drug-likeness (QED) is 0.868. The van der Waals surface area contributed by atoms with Crippen molar-refractivity contribution in [1.82, 2.24) is 0 Å². The molecule has 2 aromatic carbocycles. The number of aliphatic carboxylic acids is 1. The molecule has 0 unspecified atom stereocenters. The number of anilines is 1. The zero-order valence-corrected chi connectivity index (χ0v) is 14.4. The molecule has 0 fully saturated rings. The van der Waals surface area contributed by atoms with Gasteiger partial charge in [-0.1, -0.05) is 23.2 Å². The molecule has 0 aliphatic carbocycles. The smallest absolute Gasteiger partial charge is 0.324 e. The van der Waals surface area contributed by atoms with Crippen LogP contribution in [-0.2, 0) is 14.8 Å². The molecular weight excluding hydrogens is 361 g/mol. The Labute approximate surface area is 144 Å². The molecule has 23 heavy (non-hydrogen) atoms. The third-order valence-corrected chi connectivity index (χ3v) is 5.37. The van der Waals surface area contributed by atoms with Crippen molar-refractivity contribution in [3.05, 3.63) is 58.1 Å². The second-order valence-electron chi connectivity index (χ2n) is 4.79. The van der Waals surface area contributed by atoms with Crippen LogP contribution in [0.2, 0.25) is 10.0 Å². The molecule has 1 N–H and O–H groups in total. The number of carboxylic acid groups (broad SMARTS) is 1. The van der Waals surface area contributed by atoms with Gasteiger partial charge in [0.15, 0.2) is 0 Å². The van der Waals surface area contributed by atoms with Gasteiger partial charge in [0.05, 0.1) is 10.6 Å². The van der Waals surface area contributed by atoms with Crippen LogP contribution in [0.15, 0.2) is 47.4 Å². The molecule has 2 rings (SSSR count). The van der Waals surface area contributed by atoms with Crippen molar-refractivity contribution in [3.63, 3.8) is 0 Å². The Kier molecular flexibility index (Phi) is 5.19. The van der Waals surface area contributed by atoms with E-state index in [4.69, 9.17) is 28.3 Å². The summed E-state index contributed by atoms with van der Waals surface area (Å²) in [6, 6.07) is 10.1. The van der Waals surface area contributed by atoms with E-state index < -0.39 is 22.5 Å². The van der Waals surface area contributed by atoms with E-state index in [1.807, 2.05) is 0 Å². The number of hydrogen-bond acceptors (Lipinski definition) is 3. The second-order valence-corrected chi connectivity index (χ2v) is 7.53. The van der Waals surface area contributed by atoms with Gasteiger partial charge in [-0.05, 0) is 55.0 Å². The highest BCUT2D eigenvalue weighted by Gasteiger charge is 2.28. The minimum absolute atomic E-state index is 0.0440. The minimum atomic E-state index is -4.05. The molecule has 5 nitrogen and oxygen atoms in total. The molecule has 0 heterocycles. The molecule has 0 aliphatic heterocycles. The molecule has 0 aromatic heterocycles. The summed E-state index contributed by atoms with van der Waals surface area (Å²) in [4.78, 5) is 11.1. The summed E-state index contributed by atoms with van der Waals surface area (Å²) in [7, 11) is -4.05. The minimum Gasteiger partial charge on any atom is -0.480 e. The third-order valence-electron chi connectivity index (χ3n) is 3.11. The molecule has 0 bridgehead atoms. The van der Waals surface area contributed by atoms with Crippen molar-refractivity contribution in [1.29, 1.82) is 0 Å². The van der Waals surface area contributed by atoms with Gasteiger partial charge in [-0.15, -0.1) is 0 Å². The Balaban J connectivity index is 2.57. The molecule has 122 valence electrons. The molecule has 0 spiro atoms. The van der Waals surface area contributed by atoms with E-state index in [0.717, 1.165) is 4.31 Å². The third kappa shape index (κ3) is 3.96. The molecule has 0 saturated carbocycles. The van der Waals surface area contributed by atoms with Gasteiger partial charge in [0, 0.05) is 10.0 Å². The van der Waals surface area contributed by atoms with E-state index in [0.29, 0.717) is 15.6 Å². The number of carbonyl (C=O) groups is 1. The summed E-state index contributed by atoms with van der Waals surface area (Å²) in [5.41, 5.74) is 0.808.